The molecule has 0 saturated carbocycles. The number of carboxylic acids is 1. The molecule has 84 valence electrons. The van der Waals surface area contributed by atoms with Crippen molar-refractivity contribution in [3.63, 3.8) is 0 Å². The Hall–Kier alpha value is -1.68. The normalized spacial score (nSPS) is 11.9. The van der Waals surface area contributed by atoms with Gasteiger partial charge in [0.2, 0.25) is 5.78 Å². The maximum atomic E-state index is 11.9. The van der Waals surface area contributed by atoms with Crippen LogP contribution in [-0.4, -0.2) is 21.8 Å². The molecular formula is C11H10ClNO3. The second-order valence-corrected chi connectivity index (χ2v) is 3.47. The first-order valence-corrected chi connectivity index (χ1v) is 4.90. The van der Waals surface area contributed by atoms with E-state index in [9.17, 15) is 9.59 Å². The molecule has 0 unspecified atom stereocenters. The second-order valence-electron chi connectivity index (χ2n) is 3.11. The Morgan fingerprint density at radius 2 is 2.25 bits per heavy atom. The van der Waals surface area contributed by atoms with E-state index in [-0.39, 0.29) is 16.3 Å². The van der Waals surface area contributed by atoms with Gasteiger partial charge in [-0.1, -0.05) is 17.7 Å². The Bertz CT molecular complexity index is 499. The van der Waals surface area contributed by atoms with Crippen molar-refractivity contribution in [2.45, 2.75) is 13.8 Å². The molecule has 0 aromatic carbocycles. The number of carbonyl (C=O) groups excluding carboxylic acids is 1. The van der Waals surface area contributed by atoms with Crippen molar-refractivity contribution in [1.29, 1.82) is 1.43 Å². The number of pyridine rings is 1. The fraction of sp³-hybridized carbons (Fsp3) is 0.182. The topological polar surface area (TPSA) is 67.3 Å². The fourth-order valence-corrected chi connectivity index (χ4v) is 1.46. The Balaban J connectivity index is 3.16. The van der Waals surface area contributed by atoms with Gasteiger partial charge in [-0.2, -0.15) is 0 Å². The maximum Gasteiger partial charge on any atom is 0.339 e. The number of Topliss-reactive ketones (excluding diaryl/α,β-unsaturated/α-hetero) is 1. The summed E-state index contributed by atoms with van der Waals surface area (Å²) in [4.78, 5) is 27.0. The summed E-state index contributed by atoms with van der Waals surface area (Å²) >= 11 is 5.82. The molecule has 4 nitrogen and oxygen atoms in total. The van der Waals surface area contributed by atoms with Crippen molar-refractivity contribution in [2.24, 2.45) is 0 Å². The molecule has 0 amide bonds. The molecular weight excluding hydrogens is 230 g/mol. The van der Waals surface area contributed by atoms with Gasteiger partial charge in [0.25, 0.3) is 1.43 Å². The van der Waals surface area contributed by atoms with Crippen molar-refractivity contribution >= 4 is 23.4 Å². The van der Waals surface area contributed by atoms with Crippen LogP contribution < -0.4 is 0 Å². The highest BCUT2D eigenvalue weighted by atomic mass is 35.5. The molecule has 1 aromatic heterocycles. The summed E-state index contributed by atoms with van der Waals surface area (Å²) in [5, 5.41) is 3.79. The Morgan fingerprint density at radius 1 is 1.56 bits per heavy atom. The highest BCUT2D eigenvalue weighted by Crippen LogP contribution is 2.17. The number of nitrogens with zero attached hydrogens (tertiary/aromatic N) is 1. The molecule has 0 bridgehead atoms. The molecule has 1 heterocycles. The van der Waals surface area contributed by atoms with Gasteiger partial charge in [-0.25, -0.2) is 9.78 Å². The fourth-order valence-electron chi connectivity index (χ4n) is 1.18. The first-order chi connectivity index (χ1) is 8.01. The van der Waals surface area contributed by atoms with Crippen LogP contribution in [0.15, 0.2) is 23.8 Å². The van der Waals surface area contributed by atoms with Crippen LogP contribution in [-0.2, 0) is 4.79 Å². The minimum absolute atomic E-state index is 0.0205. The summed E-state index contributed by atoms with van der Waals surface area (Å²) in [5.41, 5.74) is 0.528. The second kappa shape index (κ2) is 4.90. The highest BCUT2D eigenvalue weighted by Gasteiger charge is 2.20. The van der Waals surface area contributed by atoms with Crippen LogP contribution in [0.3, 0.4) is 0 Å². The summed E-state index contributed by atoms with van der Waals surface area (Å²) in [5.74, 6) is -1.63. The summed E-state index contributed by atoms with van der Waals surface area (Å²) in [6.07, 6.45) is 1.27. The van der Waals surface area contributed by atoms with Crippen LogP contribution in [0.2, 0.25) is 5.15 Å². The molecule has 1 N–H and O–H groups in total. The number of hydrogen-bond acceptors (Lipinski definition) is 4. The van der Waals surface area contributed by atoms with Crippen LogP contribution in [0.5, 0.6) is 0 Å². The van der Waals surface area contributed by atoms with Crippen LogP contribution in [0.4, 0.5) is 0 Å². The summed E-state index contributed by atoms with van der Waals surface area (Å²) in [6.45, 7) is 3.23. The van der Waals surface area contributed by atoms with Gasteiger partial charge in [0, 0.05) is 5.69 Å². The number of carboxylic acid groups (broad SMARTS) is 1. The molecule has 0 spiro atoms. The third-order valence-electron chi connectivity index (χ3n) is 1.99. The van der Waals surface area contributed by atoms with Crippen LogP contribution >= 0.6 is 11.6 Å². The molecule has 16 heavy (non-hydrogen) atoms. The van der Waals surface area contributed by atoms with E-state index >= 15 is 0 Å². The monoisotopic (exact) mass is 241 g/mol. The zero-order chi connectivity index (χ0) is 13.0. The summed E-state index contributed by atoms with van der Waals surface area (Å²) in [6, 6.07) is 3.09. The lowest BCUT2D eigenvalue weighted by atomic mass is 10.1. The molecule has 0 saturated heterocycles. The third kappa shape index (κ3) is 2.46. The lowest BCUT2D eigenvalue weighted by Crippen LogP contribution is -2.13. The van der Waals surface area contributed by atoms with Crippen molar-refractivity contribution in [3.05, 3.63) is 40.2 Å². The maximum absolute atomic E-state index is 11.9. The number of hydrogen-bond donors (Lipinski definition) is 1. The minimum atomic E-state index is -1.02. The average molecular weight is 242 g/mol. The van der Waals surface area contributed by atoms with E-state index in [0.717, 1.165) is 0 Å². The van der Waals surface area contributed by atoms with Crippen LogP contribution in [0, 0.1) is 6.92 Å². The van der Waals surface area contributed by atoms with E-state index in [1.165, 1.54) is 19.1 Å². The quantitative estimate of drug-likeness (QED) is 0.290. The van der Waals surface area contributed by atoms with Gasteiger partial charge in [-0.15, -0.1) is 0 Å². The standard InChI is InChI=1S/C11H10ClNO3/c1-3-7(11(15)16)9(14)8-5-4-6(2)13-10(8)12/h3-5H,1-2H3,(H,15,16)/b7-3-/i/hT. The molecule has 0 radical (unpaired) electrons. The predicted octanol–water partition coefficient (Wildman–Crippen LogP) is 2.26. The molecule has 1 rings (SSSR count). The number of allylic oxidation sites excluding steroid dienone is 1. The van der Waals surface area contributed by atoms with E-state index in [4.69, 9.17) is 13.0 Å². The van der Waals surface area contributed by atoms with Gasteiger partial charge in [0.15, 0.2) is 0 Å². The van der Waals surface area contributed by atoms with Gasteiger partial charge in [-0.3, -0.25) is 4.79 Å². The van der Waals surface area contributed by atoms with Gasteiger partial charge in [-0.05, 0) is 26.0 Å². The summed E-state index contributed by atoms with van der Waals surface area (Å²) in [7, 11) is 0. The van der Waals surface area contributed by atoms with Crippen molar-refractivity contribution in [1.82, 2.24) is 4.98 Å². The van der Waals surface area contributed by atoms with Gasteiger partial charge >= 0.3 is 5.97 Å². The van der Waals surface area contributed by atoms with E-state index in [1.54, 1.807) is 13.0 Å². The number of halogens is 1. The van der Waals surface area contributed by atoms with Gasteiger partial charge in [0.05, 0.1) is 5.56 Å². The lowest BCUT2D eigenvalue weighted by molar-refractivity contribution is -0.132. The smallest absolute Gasteiger partial charge is 0.339 e. The number of ketones is 1. The number of aromatic nitrogens is 1. The molecule has 0 aliphatic heterocycles. The van der Waals surface area contributed by atoms with E-state index < -0.39 is 11.8 Å². The lowest BCUT2D eigenvalue weighted by Gasteiger charge is -2.03. The van der Waals surface area contributed by atoms with Crippen LogP contribution in [0.25, 0.3) is 1.43 Å². The molecule has 0 aliphatic carbocycles. The summed E-state index contributed by atoms with van der Waals surface area (Å²) < 4.78 is 6.49. The van der Waals surface area contributed by atoms with Gasteiger partial charge in [0.1, 0.15) is 10.7 Å². The van der Waals surface area contributed by atoms with E-state index in [0.29, 0.717) is 5.69 Å². The zero-order valence-electron chi connectivity index (χ0n) is 9.78. The van der Waals surface area contributed by atoms with Gasteiger partial charge < -0.3 is 5.11 Å². The van der Waals surface area contributed by atoms with Crippen molar-refractivity contribution in [2.75, 3.05) is 0 Å². The molecule has 0 fully saturated rings. The Morgan fingerprint density at radius 3 is 2.75 bits per heavy atom. The number of rotatable bonds is 3. The number of carbonyl (C=O) groups is 2. The number of aliphatic carboxylic acids is 1. The van der Waals surface area contributed by atoms with Crippen LogP contribution in [0.1, 0.15) is 23.0 Å². The first kappa shape index (κ1) is 10.8. The van der Waals surface area contributed by atoms with Crippen molar-refractivity contribution < 1.29 is 14.7 Å². The van der Waals surface area contributed by atoms with E-state index in [2.05, 4.69) is 10.1 Å². The largest absolute Gasteiger partial charge is 0.478 e. The average Bonchev–Trinajstić information content (AvgIpc) is 2.29. The predicted molar refractivity (Wildman–Crippen MR) is 59.7 cm³/mol. The van der Waals surface area contributed by atoms with E-state index in [1.807, 2.05) is 0 Å². The number of aryl methyl sites for hydroxylation is 1. The zero-order valence-corrected chi connectivity index (χ0v) is 9.54. The first-order valence-electron chi connectivity index (χ1n) is 4.93. The Kier molecular flexibility index (Phi) is 3.31. The minimum Gasteiger partial charge on any atom is -0.478 e. The molecule has 0 atom stereocenters. The van der Waals surface area contributed by atoms with Crippen molar-refractivity contribution in [3.8, 4) is 0 Å². The highest BCUT2D eigenvalue weighted by molar-refractivity contribution is 6.35. The SMILES string of the molecule is [3H]OC(=O)/C(=C\C)C(=O)c1ccc(C)nc1Cl. The molecule has 0 aliphatic rings. The molecule has 5 heteroatoms. The third-order valence-corrected chi connectivity index (χ3v) is 2.27. The Labute approximate surface area is 99.1 Å². The molecule has 1 aromatic rings.